The third-order valence-corrected chi connectivity index (χ3v) is 4.84. The predicted octanol–water partition coefficient (Wildman–Crippen LogP) is 3.68. The molecule has 0 radical (unpaired) electrons. The van der Waals surface area contributed by atoms with Gasteiger partial charge in [0.15, 0.2) is 0 Å². The number of amides is 1. The first-order valence-corrected chi connectivity index (χ1v) is 9.22. The number of aryl methyl sites for hydroxylation is 2. The van der Waals surface area contributed by atoms with Crippen LogP contribution in [-0.2, 0) is 6.42 Å². The number of nitrogens with zero attached hydrogens (tertiary/aromatic N) is 3. The summed E-state index contributed by atoms with van der Waals surface area (Å²) in [6.45, 7) is 4.53. The van der Waals surface area contributed by atoms with Crippen LogP contribution in [0.2, 0.25) is 0 Å². The van der Waals surface area contributed by atoms with Crippen molar-refractivity contribution < 1.29 is 4.79 Å². The van der Waals surface area contributed by atoms with Crippen LogP contribution in [-0.4, -0.2) is 27.2 Å². The van der Waals surface area contributed by atoms with Gasteiger partial charge < -0.3 is 5.32 Å². The zero-order valence-corrected chi connectivity index (χ0v) is 15.8. The van der Waals surface area contributed by atoms with Gasteiger partial charge in [-0.05, 0) is 38.1 Å². The summed E-state index contributed by atoms with van der Waals surface area (Å²) in [6, 6.07) is 9.37. The summed E-state index contributed by atoms with van der Waals surface area (Å²) in [4.78, 5) is 16.7. The fraction of sp³-hybridized carbons (Fsp3) is 0.235. The van der Waals surface area contributed by atoms with Gasteiger partial charge in [-0.2, -0.15) is 5.10 Å². The van der Waals surface area contributed by atoms with Crippen molar-refractivity contribution >= 4 is 33.2 Å². The molecule has 0 aliphatic carbocycles. The molecule has 0 spiro atoms. The van der Waals surface area contributed by atoms with E-state index in [1.807, 2.05) is 42.1 Å². The maximum absolute atomic E-state index is 12.1. The molecule has 0 fully saturated rings. The number of thiazole rings is 1. The summed E-state index contributed by atoms with van der Waals surface area (Å²) in [5.41, 5.74) is 3.64. The topological polar surface area (TPSA) is 59.8 Å². The highest BCUT2D eigenvalue weighted by Crippen LogP contribution is 2.17. The van der Waals surface area contributed by atoms with Gasteiger partial charge in [-0.1, -0.05) is 22.0 Å². The van der Waals surface area contributed by atoms with Crippen LogP contribution in [0, 0.1) is 13.8 Å². The van der Waals surface area contributed by atoms with E-state index >= 15 is 0 Å². The van der Waals surface area contributed by atoms with Gasteiger partial charge in [0.05, 0.1) is 11.4 Å². The molecule has 1 amide bonds. The molecule has 0 saturated carbocycles. The number of carbonyl (C=O) groups is 1. The quantitative estimate of drug-likeness (QED) is 0.705. The molecule has 0 atom stereocenters. The van der Waals surface area contributed by atoms with Gasteiger partial charge in [-0.3, -0.25) is 4.79 Å². The molecule has 3 rings (SSSR count). The molecule has 124 valence electrons. The third-order valence-electron chi connectivity index (χ3n) is 3.48. The van der Waals surface area contributed by atoms with E-state index in [4.69, 9.17) is 0 Å². The Morgan fingerprint density at radius 2 is 2.17 bits per heavy atom. The Kier molecular flexibility index (Phi) is 5.11. The Labute approximate surface area is 152 Å². The van der Waals surface area contributed by atoms with Crippen LogP contribution >= 0.6 is 27.3 Å². The molecule has 24 heavy (non-hydrogen) atoms. The minimum Gasteiger partial charge on any atom is -0.352 e. The van der Waals surface area contributed by atoms with Gasteiger partial charge in [-0.15, -0.1) is 11.3 Å². The largest absolute Gasteiger partial charge is 0.352 e. The average molecular weight is 405 g/mol. The first kappa shape index (κ1) is 16.9. The number of nitrogens with one attached hydrogen (secondary N) is 1. The first-order valence-electron chi connectivity index (χ1n) is 7.55. The minimum atomic E-state index is -0.0784. The molecule has 1 N–H and O–H groups in total. The normalized spacial score (nSPS) is 10.8. The van der Waals surface area contributed by atoms with Crippen molar-refractivity contribution in [1.29, 1.82) is 0 Å². The lowest BCUT2D eigenvalue weighted by molar-refractivity contribution is 0.0954. The lowest BCUT2D eigenvalue weighted by atomic mass is 10.2. The number of hydrogen-bond acceptors (Lipinski definition) is 4. The van der Waals surface area contributed by atoms with Crippen LogP contribution in [0.1, 0.15) is 27.4 Å². The molecule has 0 bridgehead atoms. The second-order valence-electron chi connectivity index (χ2n) is 5.48. The Balaban J connectivity index is 1.58. The van der Waals surface area contributed by atoms with E-state index < -0.39 is 0 Å². The Morgan fingerprint density at radius 1 is 1.33 bits per heavy atom. The van der Waals surface area contributed by atoms with Crippen molar-refractivity contribution in [2.24, 2.45) is 0 Å². The van der Waals surface area contributed by atoms with Crippen LogP contribution in [0.4, 0.5) is 0 Å². The molecule has 3 aromatic rings. The average Bonchev–Trinajstić information content (AvgIpc) is 3.13. The second kappa shape index (κ2) is 7.27. The van der Waals surface area contributed by atoms with Crippen molar-refractivity contribution in [3.63, 3.8) is 0 Å². The van der Waals surface area contributed by atoms with Gasteiger partial charge in [0.2, 0.25) is 5.13 Å². The first-order chi connectivity index (χ1) is 11.5. The molecular weight excluding hydrogens is 388 g/mol. The summed E-state index contributed by atoms with van der Waals surface area (Å²) >= 11 is 4.93. The van der Waals surface area contributed by atoms with Gasteiger partial charge in [0.25, 0.3) is 5.91 Å². The van der Waals surface area contributed by atoms with E-state index in [0.717, 1.165) is 26.7 Å². The molecule has 7 heteroatoms. The van der Waals surface area contributed by atoms with Gasteiger partial charge in [0.1, 0.15) is 0 Å². The van der Waals surface area contributed by atoms with E-state index in [-0.39, 0.29) is 5.91 Å². The Hall–Kier alpha value is -1.99. The van der Waals surface area contributed by atoms with Crippen LogP contribution < -0.4 is 5.32 Å². The molecule has 2 heterocycles. The van der Waals surface area contributed by atoms with Crippen LogP contribution in [0.5, 0.6) is 0 Å². The number of halogens is 1. The van der Waals surface area contributed by atoms with E-state index in [0.29, 0.717) is 18.5 Å². The van der Waals surface area contributed by atoms with Crippen LogP contribution in [0.3, 0.4) is 0 Å². The van der Waals surface area contributed by atoms with E-state index in [2.05, 4.69) is 31.3 Å². The molecular formula is C17H17BrN4OS. The van der Waals surface area contributed by atoms with E-state index in [9.17, 15) is 4.79 Å². The Morgan fingerprint density at radius 3 is 2.88 bits per heavy atom. The van der Waals surface area contributed by atoms with Crippen molar-refractivity contribution in [1.82, 2.24) is 20.1 Å². The summed E-state index contributed by atoms with van der Waals surface area (Å²) in [6.07, 6.45) is 0.690. The van der Waals surface area contributed by atoms with Crippen LogP contribution in [0.15, 0.2) is 40.2 Å². The standard InChI is InChI=1S/C17H17BrN4OS/c1-11-8-12(2)22(21-11)17-20-15(10-24-17)6-7-19-16(23)13-4-3-5-14(18)9-13/h3-5,8-10H,6-7H2,1-2H3,(H,19,23). The lowest BCUT2D eigenvalue weighted by Gasteiger charge is -2.04. The zero-order chi connectivity index (χ0) is 17.1. The fourth-order valence-corrected chi connectivity index (χ4v) is 3.63. The second-order valence-corrected chi connectivity index (χ2v) is 7.23. The van der Waals surface area contributed by atoms with Crippen molar-refractivity contribution in [2.45, 2.75) is 20.3 Å². The summed E-state index contributed by atoms with van der Waals surface area (Å²) in [5.74, 6) is -0.0784. The minimum absolute atomic E-state index is 0.0784. The Bertz CT molecular complexity index is 871. The molecule has 0 aliphatic rings. The summed E-state index contributed by atoms with van der Waals surface area (Å²) in [5, 5.41) is 10.2. The molecule has 0 saturated heterocycles. The number of benzene rings is 1. The highest BCUT2D eigenvalue weighted by Gasteiger charge is 2.09. The SMILES string of the molecule is Cc1cc(C)n(-c2nc(CCNC(=O)c3cccc(Br)c3)cs2)n1. The third kappa shape index (κ3) is 3.91. The fourth-order valence-electron chi connectivity index (χ4n) is 2.37. The summed E-state index contributed by atoms with van der Waals surface area (Å²) in [7, 11) is 0. The van der Waals surface area contributed by atoms with E-state index in [1.54, 1.807) is 23.5 Å². The summed E-state index contributed by atoms with van der Waals surface area (Å²) < 4.78 is 2.74. The number of rotatable bonds is 5. The van der Waals surface area contributed by atoms with Gasteiger partial charge in [0, 0.05) is 34.1 Å². The van der Waals surface area contributed by atoms with Gasteiger partial charge in [-0.25, -0.2) is 9.67 Å². The number of aromatic nitrogens is 3. The lowest BCUT2D eigenvalue weighted by Crippen LogP contribution is -2.25. The maximum atomic E-state index is 12.1. The smallest absolute Gasteiger partial charge is 0.251 e. The van der Waals surface area contributed by atoms with Crippen molar-refractivity contribution in [2.75, 3.05) is 6.54 Å². The van der Waals surface area contributed by atoms with Gasteiger partial charge >= 0.3 is 0 Å². The molecule has 2 aromatic heterocycles. The van der Waals surface area contributed by atoms with E-state index in [1.165, 1.54) is 0 Å². The highest BCUT2D eigenvalue weighted by molar-refractivity contribution is 9.10. The number of hydrogen-bond donors (Lipinski definition) is 1. The highest BCUT2D eigenvalue weighted by atomic mass is 79.9. The zero-order valence-electron chi connectivity index (χ0n) is 13.4. The van der Waals surface area contributed by atoms with Crippen LogP contribution in [0.25, 0.3) is 5.13 Å². The molecule has 0 unspecified atom stereocenters. The predicted molar refractivity (Wildman–Crippen MR) is 98.9 cm³/mol. The monoisotopic (exact) mass is 404 g/mol. The maximum Gasteiger partial charge on any atom is 0.251 e. The number of carbonyl (C=O) groups excluding carboxylic acids is 1. The molecule has 0 aliphatic heterocycles. The van der Waals surface area contributed by atoms with Crippen molar-refractivity contribution in [3.05, 3.63) is 62.8 Å². The van der Waals surface area contributed by atoms with Crippen molar-refractivity contribution in [3.8, 4) is 5.13 Å². The molecule has 5 nitrogen and oxygen atoms in total. The molecule has 1 aromatic carbocycles.